The molecule has 6 heteroatoms. The smallest absolute Gasteiger partial charge is 0.207 e. The monoisotopic (exact) mass is 261 g/mol. The van der Waals surface area contributed by atoms with Gasteiger partial charge in [-0.05, 0) is 24.1 Å². The summed E-state index contributed by atoms with van der Waals surface area (Å²) in [6, 6.07) is 4.54. The van der Waals surface area contributed by atoms with Crippen LogP contribution in [0.2, 0.25) is 0 Å². The summed E-state index contributed by atoms with van der Waals surface area (Å²) in [4.78, 5) is 0.374. The van der Waals surface area contributed by atoms with Gasteiger partial charge in [0, 0.05) is 15.6 Å². The van der Waals surface area contributed by atoms with E-state index in [0.717, 1.165) is 5.56 Å². The number of hydrogen-bond donors (Lipinski definition) is 1. The van der Waals surface area contributed by atoms with Gasteiger partial charge in [-0.25, -0.2) is 8.42 Å². The van der Waals surface area contributed by atoms with Gasteiger partial charge in [0.2, 0.25) is 0 Å². The molecule has 0 unspecified atom stereocenters. The van der Waals surface area contributed by atoms with Crippen LogP contribution in [0, 0.1) is 11.3 Å². The quantitative estimate of drug-likeness (QED) is 0.657. The molecular weight excluding hydrogens is 254 g/mol. The molecule has 0 spiro atoms. The van der Waals surface area contributed by atoms with E-state index in [2.05, 4.69) is 12.6 Å². The van der Waals surface area contributed by atoms with Crippen molar-refractivity contribution in [1.82, 2.24) is 0 Å². The van der Waals surface area contributed by atoms with Gasteiger partial charge in [0.25, 0.3) is 9.05 Å². The maximum atomic E-state index is 11.1. The van der Waals surface area contributed by atoms with E-state index in [1.165, 1.54) is 12.1 Å². The Bertz CT molecular complexity index is 532. The van der Waals surface area contributed by atoms with Crippen LogP contribution in [0.5, 0.6) is 0 Å². The Labute approximate surface area is 98.5 Å². The lowest BCUT2D eigenvalue weighted by atomic mass is 10.1. The topological polar surface area (TPSA) is 57.9 Å². The van der Waals surface area contributed by atoms with Gasteiger partial charge in [-0.1, -0.05) is 6.92 Å². The number of halogens is 1. The fourth-order valence-electron chi connectivity index (χ4n) is 1.24. The summed E-state index contributed by atoms with van der Waals surface area (Å²) in [6.07, 6.45) is 0.615. The Kier molecular flexibility index (Phi) is 3.66. The summed E-state index contributed by atoms with van der Waals surface area (Å²) < 4.78 is 22.1. The summed E-state index contributed by atoms with van der Waals surface area (Å²) in [6.45, 7) is 1.87. The van der Waals surface area contributed by atoms with Crippen LogP contribution >= 0.6 is 23.3 Å². The summed E-state index contributed by atoms with van der Waals surface area (Å²) in [7, 11) is 1.37. The molecule has 1 rings (SSSR count). The average molecular weight is 262 g/mol. The predicted molar refractivity (Wildman–Crippen MR) is 60.8 cm³/mol. The van der Waals surface area contributed by atoms with Crippen LogP contribution in [0.25, 0.3) is 0 Å². The van der Waals surface area contributed by atoms with E-state index < -0.39 is 9.05 Å². The molecule has 0 atom stereocenters. The lowest BCUT2D eigenvalue weighted by Crippen LogP contribution is -1.97. The van der Waals surface area contributed by atoms with Crippen molar-refractivity contribution in [2.75, 3.05) is 0 Å². The van der Waals surface area contributed by atoms with Crippen LogP contribution in [0.1, 0.15) is 18.1 Å². The van der Waals surface area contributed by atoms with Gasteiger partial charge in [0.05, 0.1) is 16.5 Å². The fourth-order valence-corrected chi connectivity index (χ4v) is 2.53. The molecule has 3 nitrogen and oxygen atoms in total. The summed E-state index contributed by atoms with van der Waals surface area (Å²) in [5, 5.41) is 8.84. The second kappa shape index (κ2) is 4.44. The minimum atomic E-state index is -3.81. The Morgan fingerprint density at radius 3 is 2.53 bits per heavy atom. The van der Waals surface area contributed by atoms with E-state index in [1.807, 2.05) is 13.0 Å². The minimum absolute atomic E-state index is 0.0945. The Morgan fingerprint density at radius 2 is 2.13 bits per heavy atom. The van der Waals surface area contributed by atoms with Gasteiger partial charge < -0.3 is 0 Å². The zero-order chi connectivity index (χ0) is 11.6. The largest absolute Gasteiger partial charge is 0.261 e. The molecule has 80 valence electrons. The first kappa shape index (κ1) is 12.4. The van der Waals surface area contributed by atoms with E-state index in [-0.39, 0.29) is 4.90 Å². The second-order valence-electron chi connectivity index (χ2n) is 2.87. The molecule has 15 heavy (non-hydrogen) atoms. The van der Waals surface area contributed by atoms with Gasteiger partial charge in [-0.3, -0.25) is 0 Å². The van der Waals surface area contributed by atoms with Crippen molar-refractivity contribution in [3.63, 3.8) is 0 Å². The van der Waals surface area contributed by atoms with Crippen molar-refractivity contribution in [3.8, 4) is 6.07 Å². The van der Waals surface area contributed by atoms with Crippen molar-refractivity contribution in [3.05, 3.63) is 23.3 Å². The van der Waals surface area contributed by atoms with Crippen LogP contribution in [0.15, 0.2) is 21.9 Å². The lowest BCUT2D eigenvalue weighted by Gasteiger charge is -2.06. The molecule has 0 aromatic heterocycles. The summed E-state index contributed by atoms with van der Waals surface area (Å²) in [5.41, 5.74) is 1.02. The number of rotatable bonds is 2. The minimum Gasteiger partial charge on any atom is -0.207 e. The Hall–Kier alpha value is -0.700. The normalized spacial score (nSPS) is 11.1. The number of nitriles is 1. The molecule has 0 amide bonds. The molecule has 0 N–H and O–H groups in total. The van der Waals surface area contributed by atoms with Gasteiger partial charge in [0.15, 0.2) is 0 Å². The van der Waals surface area contributed by atoms with Gasteiger partial charge >= 0.3 is 0 Å². The standard InChI is InChI=1S/C9H8ClNO2S2/c1-2-8-6(5-11)3-7(4-9(8)14)15(10,12)13/h3-4,14H,2H2,1H3. The molecule has 0 aliphatic heterocycles. The SMILES string of the molecule is CCc1c(S)cc(S(=O)(=O)Cl)cc1C#N. The third-order valence-electron chi connectivity index (χ3n) is 1.96. The molecule has 0 radical (unpaired) electrons. The van der Waals surface area contributed by atoms with Crippen LogP contribution in [0.4, 0.5) is 0 Å². The number of hydrogen-bond acceptors (Lipinski definition) is 4. The van der Waals surface area contributed by atoms with E-state index in [4.69, 9.17) is 15.9 Å². The molecule has 0 aliphatic rings. The van der Waals surface area contributed by atoms with Crippen molar-refractivity contribution in [2.24, 2.45) is 0 Å². The number of benzene rings is 1. The first-order chi connectivity index (χ1) is 6.90. The molecule has 0 saturated heterocycles. The summed E-state index contributed by atoms with van der Waals surface area (Å²) in [5.74, 6) is 0. The van der Waals surface area contributed by atoms with Crippen molar-refractivity contribution in [1.29, 1.82) is 5.26 Å². The highest BCUT2D eigenvalue weighted by Gasteiger charge is 2.15. The highest BCUT2D eigenvalue weighted by molar-refractivity contribution is 8.13. The molecule has 0 fully saturated rings. The van der Waals surface area contributed by atoms with Gasteiger partial charge in [-0.15, -0.1) is 12.6 Å². The van der Waals surface area contributed by atoms with Crippen LogP contribution in [-0.2, 0) is 15.5 Å². The van der Waals surface area contributed by atoms with Crippen LogP contribution in [0.3, 0.4) is 0 Å². The van der Waals surface area contributed by atoms with Crippen molar-refractivity contribution >= 4 is 32.4 Å². The van der Waals surface area contributed by atoms with E-state index >= 15 is 0 Å². The molecule has 1 aromatic carbocycles. The number of thiol groups is 1. The highest BCUT2D eigenvalue weighted by atomic mass is 35.7. The molecule has 1 aromatic rings. The van der Waals surface area contributed by atoms with E-state index in [1.54, 1.807) is 0 Å². The second-order valence-corrected chi connectivity index (χ2v) is 5.92. The first-order valence-corrected chi connectivity index (χ1v) is 6.86. The Balaban J connectivity index is 3.55. The predicted octanol–water partition coefficient (Wildman–Crippen LogP) is 2.34. The third-order valence-corrected chi connectivity index (χ3v) is 3.69. The molecule has 0 heterocycles. The maximum absolute atomic E-state index is 11.1. The highest BCUT2D eigenvalue weighted by Crippen LogP contribution is 2.25. The fraction of sp³-hybridized carbons (Fsp3) is 0.222. The van der Waals surface area contributed by atoms with Gasteiger partial charge in [-0.2, -0.15) is 5.26 Å². The molecular formula is C9H8ClNO2S2. The van der Waals surface area contributed by atoms with E-state index in [9.17, 15) is 8.42 Å². The number of nitrogens with zero attached hydrogens (tertiary/aromatic N) is 1. The zero-order valence-corrected chi connectivity index (χ0v) is 10.3. The zero-order valence-electron chi connectivity index (χ0n) is 7.86. The van der Waals surface area contributed by atoms with Crippen LogP contribution in [-0.4, -0.2) is 8.42 Å². The maximum Gasteiger partial charge on any atom is 0.261 e. The average Bonchev–Trinajstić information content (AvgIpc) is 2.15. The molecule has 0 bridgehead atoms. The summed E-state index contributed by atoms with van der Waals surface area (Å²) >= 11 is 4.13. The molecule has 0 aliphatic carbocycles. The van der Waals surface area contributed by atoms with E-state index in [0.29, 0.717) is 16.9 Å². The third kappa shape index (κ3) is 2.65. The first-order valence-electron chi connectivity index (χ1n) is 4.10. The Morgan fingerprint density at radius 1 is 1.53 bits per heavy atom. The van der Waals surface area contributed by atoms with Crippen LogP contribution < -0.4 is 0 Å². The molecule has 0 saturated carbocycles. The lowest BCUT2D eigenvalue weighted by molar-refractivity contribution is 0.609. The van der Waals surface area contributed by atoms with Gasteiger partial charge in [0.1, 0.15) is 0 Å². The van der Waals surface area contributed by atoms with Crippen molar-refractivity contribution in [2.45, 2.75) is 23.1 Å². The van der Waals surface area contributed by atoms with Crippen molar-refractivity contribution < 1.29 is 8.42 Å².